The van der Waals surface area contributed by atoms with E-state index in [1.807, 2.05) is 55.5 Å². The molecule has 0 N–H and O–H groups in total. The predicted octanol–water partition coefficient (Wildman–Crippen LogP) is 3.39. The van der Waals surface area contributed by atoms with Crippen molar-refractivity contribution in [3.8, 4) is 6.07 Å². The first-order valence-corrected chi connectivity index (χ1v) is 7.31. The normalized spacial score (nSPS) is 12.2. The van der Waals surface area contributed by atoms with Gasteiger partial charge in [-0.1, -0.05) is 18.2 Å². The Morgan fingerprint density at radius 3 is 2.55 bits per heavy atom. The summed E-state index contributed by atoms with van der Waals surface area (Å²) in [6.07, 6.45) is 0. The van der Waals surface area contributed by atoms with Crippen LogP contribution in [0.1, 0.15) is 11.3 Å². The molecule has 1 aromatic heterocycles. The van der Waals surface area contributed by atoms with Gasteiger partial charge in [0.25, 0.3) is 0 Å². The van der Waals surface area contributed by atoms with Crippen LogP contribution in [-0.4, -0.2) is 8.18 Å². The molecule has 1 heterocycles. The second kappa shape index (κ2) is 4.95. The van der Waals surface area contributed by atoms with Crippen molar-refractivity contribution >= 4 is 21.9 Å². The second-order valence-electron chi connectivity index (χ2n) is 4.53. The van der Waals surface area contributed by atoms with E-state index in [1.165, 1.54) is 0 Å². The first-order chi connectivity index (χ1) is 9.70. The van der Waals surface area contributed by atoms with Gasteiger partial charge in [0.1, 0.15) is 0 Å². The maximum atomic E-state index is 12.7. The van der Waals surface area contributed by atoms with Gasteiger partial charge < -0.3 is 0 Å². The van der Waals surface area contributed by atoms with E-state index in [-0.39, 0.29) is 0 Å². The van der Waals surface area contributed by atoms with E-state index in [9.17, 15) is 4.21 Å². The molecular weight excluding hydrogens is 268 g/mol. The molecule has 0 amide bonds. The standard InChI is InChI=1S/C16H12N2OS/c1-12-9-14-10-13(11-17)7-8-16(14)18(12)20(19)15-5-3-2-4-6-15/h2-10H,1H3. The average molecular weight is 280 g/mol. The number of aryl methyl sites for hydroxylation is 1. The van der Waals surface area contributed by atoms with Gasteiger partial charge in [0.15, 0.2) is 11.0 Å². The van der Waals surface area contributed by atoms with Crippen molar-refractivity contribution in [2.24, 2.45) is 0 Å². The molecule has 0 aliphatic carbocycles. The third-order valence-corrected chi connectivity index (χ3v) is 4.66. The van der Waals surface area contributed by atoms with Crippen LogP contribution in [-0.2, 0) is 11.0 Å². The van der Waals surface area contributed by atoms with E-state index in [0.717, 1.165) is 21.5 Å². The van der Waals surface area contributed by atoms with Crippen LogP contribution in [0.4, 0.5) is 0 Å². The lowest BCUT2D eigenvalue weighted by atomic mass is 10.2. The molecule has 0 saturated heterocycles. The molecule has 0 aliphatic rings. The fourth-order valence-electron chi connectivity index (χ4n) is 2.26. The van der Waals surface area contributed by atoms with Crippen LogP contribution in [0.5, 0.6) is 0 Å². The maximum Gasteiger partial charge on any atom is 0.157 e. The van der Waals surface area contributed by atoms with Gasteiger partial charge in [-0.15, -0.1) is 0 Å². The zero-order valence-corrected chi connectivity index (χ0v) is 11.7. The summed E-state index contributed by atoms with van der Waals surface area (Å²) in [5, 5.41) is 9.88. The molecular formula is C16H12N2OS. The zero-order chi connectivity index (χ0) is 14.1. The average Bonchev–Trinajstić information content (AvgIpc) is 2.82. The van der Waals surface area contributed by atoms with E-state index < -0.39 is 11.0 Å². The molecule has 0 fully saturated rings. The van der Waals surface area contributed by atoms with Gasteiger partial charge in [-0.3, -0.25) is 3.97 Å². The number of rotatable bonds is 2. The Bertz CT molecular complexity index is 844. The highest BCUT2D eigenvalue weighted by molar-refractivity contribution is 7.83. The minimum atomic E-state index is -1.28. The third-order valence-electron chi connectivity index (χ3n) is 3.17. The monoisotopic (exact) mass is 280 g/mol. The van der Waals surface area contributed by atoms with E-state index in [4.69, 9.17) is 5.26 Å². The van der Waals surface area contributed by atoms with Crippen molar-refractivity contribution in [2.75, 3.05) is 0 Å². The van der Waals surface area contributed by atoms with Crippen molar-refractivity contribution in [3.05, 3.63) is 65.9 Å². The van der Waals surface area contributed by atoms with Crippen LogP contribution >= 0.6 is 0 Å². The summed E-state index contributed by atoms with van der Waals surface area (Å²) in [6, 6.07) is 18.9. The highest BCUT2D eigenvalue weighted by Gasteiger charge is 2.13. The van der Waals surface area contributed by atoms with Gasteiger partial charge in [0, 0.05) is 11.1 Å². The topological polar surface area (TPSA) is 45.8 Å². The predicted molar refractivity (Wildman–Crippen MR) is 79.6 cm³/mol. The Balaban J connectivity index is 2.20. The van der Waals surface area contributed by atoms with Gasteiger partial charge >= 0.3 is 0 Å². The molecule has 98 valence electrons. The Kier molecular flexibility index (Phi) is 3.13. The van der Waals surface area contributed by atoms with E-state index in [0.29, 0.717) is 5.56 Å². The first kappa shape index (κ1) is 12.6. The molecule has 2 aromatic carbocycles. The van der Waals surface area contributed by atoms with Crippen LogP contribution in [0.2, 0.25) is 0 Å². The fourth-order valence-corrected chi connectivity index (χ4v) is 3.52. The molecule has 3 aromatic rings. The molecule has 3 rings (SSSR count). The minimum Gasteiger partial charge on any atom is -0.260 e. The van der Waals surface area contributed by atoms with Crippen molar-refractivity contribution in [2.45, 2.75) is 11.8 Å². The van der Waals surface area contributed by atoms with Gasteiger partial charge in [-0.25, -0.2) is 4.21 Å². The molecule has 1 unspecified atom stereocenters. The van der Waals surface area contributed by atoms with Gasteiger partial charge in [0.05, 0.1) is 22.0 Å². The first-order valence-electron chi connectivity index (χ1n) is 6.20. The minimum absolute atomic E-state index is 0.611. The molecule has 0 spiro atoms. The lowest BCUT2D eigenvalue weighted by Gasteiger charge is -2.07. The summed E-state index contributed by atoms with van der Waals surface area (Å²) in [5.41, 5.74) is 2.40. The summed E-state index contributed by atoms with van der Waals surface area (Å²) >= 11 is 0. The Labute approximate surface area is 119 Å². The fraction of sp³-hybridized carbons (Fsp3) is 0.0625. The van der Waals surface area contributed by atoms with Crippen LogP contribution in [0.3, 0.4) is 0 Å². The molecule has 0 radical (unpaired) electrons. The van der Waals surface area contributed by atoms with Gasteiger partial charge in [-0.05, 0) is 43.3 Å². The highest BCUT2D eigenvalue weighted by Crippen LogP contribution is 2.24. The van der Waals surface area contributed by atoms with Crippen LogP contribution < -0.4 is 0 Å². The van der Waals surface area contributed by atoms with Crippen molar-refractivity contribution in [1.29, 1.82) is 5.26 Å². The number of hydrogen-bond donors (Lipinski definition) is 0. The highest BCUT2D eigenvalue weighted by atomic mass is 32.2. The lowest BCUT2D eigenvalue weighted by molar-refractivity contribution is 0.677. The third kappa shape index (κ3) is 2.02. The molecule has 0 aliphatic heterocycles. The summed E-state index contributed by atoms with van der Waals surface area (Å²) in [6.45, 7) is 1.92. The number of aromatic nitrogens is 1. The number of hydrogen-bond acceptors (Lipinski definition) is 2. The smallest absolute Gasteiger partial charge is 0.157 e. The number of fused-ring (bicyclic) bond motifs is 1. The van der Waals surface area contributed by atoms with Gasteiger partial charge in [-0.2, -0.15) is 5.26 Å². The maximum absolute atomic E-state index is 12.7. The van der Waals surface area contributed by atoms with Crippen LogP contribution in [0.15, 0.2) is 59.5 Å². The van der Waals surface area contributed by atoms with E-state index in [2.05, 4.69) is 6.07 Å². The van der Waals surface area contributed by atoms with E-state index >= 15 is 0 Å². The van der Waals surface area contributed by atoms with Crippen LogP contribution in [0, 0.1) is 18.3 Å². The Morgan fingerprint density at radius 1 is 1.10 bits per heavy atom. The molecule has 0 saturated carbocycles. The van der Waals surface area contributed by atoms with E-state index in [1.54, 1.807) is 10.0 Å². The number of benzene rings is 2. The number of nitrogens with zero attached hydrogens (tertiary/aromatic N) is 2. The Hall–Kier alpha value is -2.38. The summed E-state index contributed by atoms with van der Waals surface area (Å²) in [7, 11) is -1.28. The molecule has 4 heteroatoms. The molecule has 1 atom stereocenters. The molecule has 20 heavy (non-hydrogen) atoms. The van der Waals surface area contributed by atoms with Gasteiger partial charge in [0.2, 0.25) is 0 Å². The largest absolute Gasteiger partial charge is 0.260 e. The van der Waals surface area contributed by atoms with Crippen LogP contribution in [0.25, 0.3) is 10.9 Å². The molecule has 0 bridgehead atoms. The molecule has 3 nitrogen and oxygen atoms in total. The number of nitriles is 1. The van der Waals surface area contributed by atoms with Crippen molar-refractivity contribution in [1.82, 2.24) is 3.97 Å². The summed E-state index contributed by atoms with van der Waals surface area (Å²) < 4.78 is 14.5. The summed E-state index contributed by atoms with van der Waals surface area (Å²) in [5.74, 6) is 0. The Morgan fingerprint density at radius 2 is 1.85 bits per heavy atom. The lowest BCUT2D eigenvalue weighted by Crippen LogP contribution is -2.06. The van der Waals surface area contributed by atoms with Crippen molar-refractivity contribution in [3.63, 3.8) is 0 Å². The summed E-state index contributed by atoms with van der Waals surface area (Å²) in [4.78, 5) is 0.762. The second-order valence-corrected chi connectivity index (χ2v) is 5.86. The zero-order valence-electron chi connectivity index (χ0n) is 10.9. The SMILES string of the molecule is Cc1cc2cc(C#N)ccc2n1S(=O)c1ccccc1. The van der Waals surface area contributed by atoms with Crippen molar-refractivity contribution < 1.29 is 4.21 Å². The quantitative estimate of drug-likeness (QED) is 0.722.